The van der Waals surface area contributed by atoms with Crippen LogP contribution in [-0.4, -0.2) is 41.4 Å². The second kappa shape index (κ2) is 4.75. The van der Waals surface area contributed by atoms with Gasteiger partial charge in [0.15, 0.2) is 5.69 Å². The maximum absolute atomic E-state index is 10.7. The molecule has 1 aromatic heterocycles. The van der Waals surface area contributed by atoms with Gasteiger partial charge in [-0.15, -0.1) is 0 Å². The Balaban J connectivity index is 2.19. The summed E-state index contributed by atoms with van der Waals surface area (Å²) in [6, 6.07) is 0.552. The van der Waals surface area contributed by atoms with Gasteiger partial charge in [0, 0.05) is 6.54 Å². The lowest BCUT2D eigenvalue weighted by atomic mass is 10.1. The van der Waals surface area contributed by atoms with Crippen LogP contribution < -0.4 is 4.90 Å². The monoisotopic (exact) mass is 240 g/mol. The van der Waals surface area contributed by atoms with Crippen LogP contribution in [0.3, 0.4) is 0 Å². The number of nitrogens with zero attached hydrogens (tertiary/aromatic N) is 2. The van der Waals surface area contributed by atoms with Crippen LogP contribution in [0.2, 0.25) is 0 Å². The molecule has 6 nitrogen and oxygen atoms in total. The van der Waals surface area contributed by atoms with Crippen LogP contribution in [0.25, 0.3) is 0 Å². The minimum Gasteiger partial charge on any atom is -0.476 e. The topological polar surface area (TPSA) is 75.8 Å². The van der Waals surface area contributed by atoms with E-state index in [0.717, 1.165) is 6.42 Å². The summed E-state index contributed by atoms with van der Waals surface area (Å²) in [7, 11) is 0. The Morgan fingerprint density at radius 2 is 2.47 bits per heavy atom. The molecule has 0 aliphatic carbocycles. The van der Waals surface area contributed by atoms with Crippen LogP contribution in [-0.2, 0) is 4.74 Å². The molecule has 1 N–H and O–H groups in total. The third kappa shape index (κ3) is 2.41. The van der Waals surface area contributed by atoms with Gasteiger partial charge in [-0.25, -0.2) is 4.79 Å². The smallest absolute Gasteiger partial charge is 0.357 e. The Kier molecular flexibility index (Phi) is 3.33. The van der Waals surface area contributed by atoms with Crippen molar-refractivity contribution in [2.45, 2.75) is 32.4 Å². The van der Waals surface area contributed by atoms with E-state index in [9.17, 15) is 4.79 Å². The average Bonchev–Trinajstić information content (AvgIpc) is 2.78. The van der Waals surface area contributed by atoms with Crippen LogP contribution in [0.1, 0.15) is 30.8 Å². The molecule has 0 saturated carbocycles. The van der Waals surface area contributed by atoms with E-state index in [2.05, 4.69) is 11.9 Å². The van der Waals surface area contributed by atoms with E-state index < -0.39 is 5.97 Å². The zero-order valence-corrected chi connectivity index (χ0v) is 9.92. The normalized spacial score (nSPS) is 24.9. The fraction of sp³-hybridized carbons (Fsp3) is 0.636. The zero-order chi connectivity index (χ0) is 12.4. The van der Waals surface area contributed by atoms with Crippen LogP contribution >= 0.6 is 0 Å². The second-order valence-corrected chi connectivity index (χ2v) is 4.18. The van der Waals surface area contributed by atoms with Gasteiger partial charge in [0.2, 0.25) is 0 Å². The number of ether oxygens (including phenoxy) is 1. The highest BCUT2D eigenvalue weighted by molar-refractivity contribution is 5.85. The molecule has 94 valence electrons. The highest BCUT2D eigenvalue weighted by Crippen LogP contribution is 2.22. The van der Waals surface area contributed by atoms with Gasteiger partial charge in [0.1, 0.15) is 6.26 Å². The fourth-order valence-electron chi connectivity index (χ4n) is 1.91. The van der Waals surface area contributed by atoms with Crippen molar-refractivity contribution in [3.8, 4) is 0 Å². The molecule has 2 unspecified atom stereocenters. The Morgan fingerprint density at radius 1 is 1.71 bits per heavy atom. The molecule has 0 aromatic carbocycles. The van der Waals surface area contributed by atoms with Gasteiger partial charge in [-0.05, 0) is 13.3 Å². The molecule has 1 saturated heterocycles. The van der Waals surface area contributed by atoms with Crippen LogP contribution in [0.5, 0.6) is 0 Å². The molecule has 2 rings (SSSR count). The Labute approximate surface area is 99.2 Å². The van der Waals surface area contributed by atoms with Gasteiger partial charge in [-0.2, -0.15) is 4.98 Å². The molecule has 1 aliphatic heterocycles. The number of carboxylic acids is 1. The number of carboxylic acid groups (broad SMARTS) is 1. The Morgan fingerprint density at radius 3 is 3.06 bits per heavy atom. The lowest BCUT2D eigenvalue weighted by Gasteiger charge is -2.37. The molecule has 0 spiro atoms. The van der Waals surface area contributed by atoms with E-state index in [4.69, 9.17) is 14.3 Å². The minimum atomic E-state index is -1.07. The van der Waals surface area contributed by atoms with Crippen LogP contribution in [0, 0.1) is 0 Å². The summed E-state index contributed by atoms with van der Waals surface area (Å²) in [5, 5.41) is 8.81. The number of hydrogen-bond donors (Lipinski definition) is 1. The lowest BCUT2D eigenvalue weighted by molar-refractivity contribution is 0.0278. The van der Waals surface area contributed by atoms with Gasteiger partial charge in [-0.3, -0.25) is 0 Å². The maximum atomic E-state index is 10.7. The van der Waals surface area contributed by atoms with Gasteiger partial charge in [0.05, 0.1) is 18.8 Å². The number of aromatic carboxylic acids is 1. The lowest BCUT2D eigenvalue weighted by Crippen LogP contribution is -2.48. The first-order valence-electron chi connectivity index (χ1n) is 5.69. The summed E-state index contributed by atoms with van der Waals surface area (Å²) in [6.45, 7) is 5.30. The fourth-order valence-corrected chi connectivity index (χ4v) is 1.91. The van der Waals surface area contributed by atoms with E-state index in [1.54, 1.807) is 0 Å². The first kappa shape index (κ1) is 11.9. The number of carbonyl (C=O) groups is 1. The van der Waals surface area contributed by atoms with Crippen LogP contribution in [0.4, 0.5) is 6.01 Å². The van der Waals surface area contributed by atoms with Crippen molar-refractivity contribution >= 4 is 12.0 Å². The third-order valence-corrected chi connectivity index (χ3v) is 2.90. The van der Waals surface area contributed by atoms with Crippen molar-refractivity contribution < 1.29 is 19.1 Å². The Bertz CT molecular complexity index is 404. The summed E-state index contributed by atoms with van der Waals surface area (Å²) in [5.41, 5.74) is -0.0611. The van der Waals surface area contributed by atoms with E-state index >= 15 is 0 Å². The molecule has 2 heterocycles. The maximum Gasteiger partial charge on any atom is 0.357 e. The second-order valence-electron chi connectivity index (χ2n) is 4.18. The SMILES string of the molecule is CCC1COC(C)CN1c1nc(C(=O)O)co1. The molecule has 17 heavy (non-hydrogen) atoms. The van der Waals surface area contributed by atoms with E-state index in [0.29, 0.717) is 19.2 Å². The van der Waals surface area contributed by atoms with Crippen molar-refractivity contribution in [3.63, 3.8) is 0 Å². The quantitative estimate of drug-likeness (QED) is 0.860. The standard InChI is InChI=1S/C11H16N2O4/c1-3-8-5-16-7(2)4-13(8)11-12-9(6-17-11)10(14)15/h6-8H,3-5H2,1-2H3,(H,14,15). The molecule has 0 bridgehead atoms. The van der Waals surface area contributed by atoms with Crippen molar-refractivity contribution in [2.24, 2.45) is 0 Å². The van der Waals surface area contributed by atoms with Crippen molar-refractivity contribution in [3.05, 3.63) is 12.0 Å². The van der Waals surface area contributed by atoms with Gasteiger partial charge in [-0.1, -0.05) is 6.92 Å². The summed E-state index contributed by atoms with van der Waals surface area (Å²) in [6.07, 6.45) is 2.17. The molecular weight excluding hydrogens is 224 g/mol. The highest BCUT2D eigenvalue weighted by atomic mass is 16.5. The van der Waals surface area contributed by atoms with Crippen LogP contribution in [0.15, 0.2) is 10.7 Å². The number of hydrogen-bond acceptors (Lipinski definition) is 5. The molecule has 2 atom stereocenters. The Hall–Kier alpha value is -1.56. The molecule has 0 radical (unpaired) electrons. The van der Waals surface area contributed by atoms with Crippen molar-refractivity contribution in [1.29, 1.82) is 0 Å². The molecule has 1 aromatic rings. The minimum absolute atomic E-state index is 0.0611. The molecule has 0 amide bonds. The molecule has 1 fully saturated rings. The largest absolute Gasteiger partial charge is 0.476 e. The predicted octanol–water partition coefficient (Wildman–Crippen LogP) is 1.38. The summed E-state index contributed by atoms with van der Waals surface area (Å²) in [5.74, 6) is -1.07. The molecule has 6 heteroatoms. The summed E-state index contributed by atoms with van der Waals surface area (Å²) >= 11 is 0. The van der Waals surface area contributed by atoms with Crippen molar-refractivity contribution in [1.82, 2.24) is 4.98 Å². The first-order valence-corrected chi connectivity index (χ1v) is 5.69. The van der Waals surface area contributed by atoms with E-state index in [1.165, 1.54) is 6.26 Å². The average molecular weight is 240 g/mol. The molecule has 1 aliphatic rings. The number of oxazole rings is 1. The first-order chi connectivity index (χ1) is 8.11. The summed E-state index contributed by atoms with van der Waals surface area (Å²) < 4.78 is 10.8. The van der Waals surface area contributed by atoms with E-state index in [-0.39, 0.29) is 17.8 Å². The van der Waals surface area contributed by atoms with Gasteiger partial charge < -0.3 is 19.2 Å². The number of aromatic nitrogens is 1. The highest BCUT2D eigenvalue weighted by Gasteiger charge is 2.29. The number of anilines is 1. The molecular formula is C11H16N2O4. The van der Waals surface area contributed by atoms with Gasteiger partial charge in [0.25, 0.3) is 6.01 Å². The van der Waals surface area contributed by atoms with E-state index in [1.807, 2.05) is 11.8 Å². The summed E-state index contributed by atoms with van der Waals surface area (Å²) in [4.78, 5) is 16.7. The predicted molar refractivity (Wildman–Crippen MR) is 60.3 cm³/mol. The van der Waals surface area contributed by atoms with Crippen molar-refractivity contribution in [2.75, 3.05) is 18.1 Å². The van der Waals surface area contributed by atoms with Gasteiger partial charge >= 0.3 is 5.97 Å². The zero-order valence-electron chi connectivity index (χ0n) is 9.92. The number of morpholine rings is 1. The number of rotatable bonds is 3. The third-order valence-electron chi connectivity index (χ3n) is 2.90.